The number of amides is 2. The van der Waals surface area contributed by atoms with Crippen molar-refractivity contribution in [3.63, 3.8) is 0 Å². The smallest absolute Gasteiger partial charge is 0.243 e. The van der Waals surface area contributed by atoms with Gasteiger partial charge in [-0.25, -0.2) is 0 Å². The SMILES string of the molecule is CNC(=O)C1CNCCN1C(=O)C1Cc2ccccc2C1. The van der Waals surface area contributed by atoms with E-state index in [2.05, 4.69) is 22.8 Å². The molecule has 1 fully saturated rings. The van der Waals surface area contributed by atoms with Gasteiger partial charge in [0.2, 0.25) is 11.8 Å². The fourth-order valence-electron chi connectivity index (χ4n) is 3.34. The van der Waals surface area contributed by atoms with Crippen LogP contribution in [0.15, 0.2) is 24.3 Å². The molecular weight excluding hydrogens is 266 g/mol. The van der Waals surface area contributed by atoms with E-state index in [1.807, 2.05) is 12.1 Å². The molecule has 0 saturated carbocycles. The van der Waals surface area contributed by atoms with E-state index in [9.17, 15) is 9.59 Å². The van der Waals surface area contributed by atoms with Gasteiger partial charge in [0.15, 0.2) is 0 Å². The number of carbonyl (C=O) groups excluding carboxylic acids is 2. The molecule has 2 amide bonds. The summed E-state index contributed by atoms with van der Waals surface area (Å²) >= 11 is 0. The predicted molar refractivity (Wildman–Crippen MR) is 79.8 cm³/mol. The van der Waals surface area contributed by atoms with Crippen molar-refractivity contribution >= 4 is 11.8 Å². The minimum atomic E-state index is -0.389. The van der Waals surface area contributed by atoms with Crippen LogP contribution in [0.1, 0.15) is 11.1 Å². The number of benzene rings is 1. The van der Waals surface area contributed by atoms with E-state index in [-0.39, 0.29) is 23.8 Å². The molecule has 1 aromatic carbocycles. The first-order valence-electron chi connectivity index (χ1n) is 7.50. The van der Waals surface area contributed by atoms with Gasteiger partial charge in [-0.1, -0.05) is 24.3 Å². The zero-order valence-corrected chi connectivity index (χ0v) is 12.3. The van der Waals surface area contributed by atoms with Crippen LogP contribution in [0.4, 0.5) is 0 Å². The average Bonchev–Trinajstić information content (AvgIpc) is 2.97. The zero-order chi connectivity index (χ0) is 14.8. The summed E-state index contributed by atoms with van der Waals surface area (Å²) in [6, 6.07) is 7.83. The third-order valence-electron chi connectivity index (χ3n) is 4.48. The van der Waals surface area contributed by atoms with Crippen molar-refractivity contribution in [3.05, 3.63) is 35.4 Å². The third kappa shape index (κ3) is 2.65. The van der Waals surface area contributed by atoms with Crippen LogP contribution >= 0.6 is 0 Å². The maximum absolute atomic E-state index is 12.8. The van der Waals surface area contributed by atoms with Crippen molar-refractivity contribution in [2.75, 3.05) is 26.7 Å². The topological polar surface area (TPSA) is 61.4 Å². The molecule has 1 unspecified atom stereocenters. The van der Waals surface area contributed by atoms with Crippen molar-refractivity contribution in [1.82, 2.24) is 15.5 Å². The molecule has 5 nitrogen and oxygen atoms in total. The monoisotopic (exact) mass is 287 g/mol. The molecule has 1 heterocycles. The van der Waals surface area contributed by atoms with Gasteiger partial charge in [0.25, 0.3) is 0 Å². The molecule has 0 spiro atoms. The lowest BCUT2D eigenvalue weighted by molar-refractivity contribution is -0.144. The molecule has 0 radical (unpaired) electrons. The Morgan fingerprint density at radius 2 is 1.90 bits per heavy atom. The van der Waals surface area contributed by atoms with Crippen LogP contribution in [-0.4, -0.2) is 49.4 Å². The Balaban J connectivity index is 1.74. The molecular formula is C16H21N3O2. The Morgan fingerprint density at radius 3 is 2.52 bits per heavy atom. The minimum absolute atomic E-state index is 0.0207. The van der Waals surface area contributed by atoms with E-state index in [4.69, 9.17) is 0 Å². The highest BCUT2D eigenvalue weighted by Crippen LogP contribution is 2.28. The second-order valence-electron chi connectivity index (χ2n) is 5.74. The summed E-state index contributed by atoms with van der Waals surface area (Å²) in [7, 11) is 1.62. The van der Waals surface area contributed by atoms with Crippen LogP contribution < -0.4 is 10.6 Å². The summed E-state index contributed by atoms with van der Waals surface area (Å²) in [5.74, 6) is 0.0000160. The number of likely N-dealkylation sites (N-methyl/N-ethyl adjacent to an activating group) is 1. The number of nitrogens with one attached hydrogen (secondary N) is 2. The Morgan fingerprint density at radius 1 is 1.24 bits per heavy atom. The van der Waals surface area contributed by atoms with Gasteiger partial charge in [0.05, 0.1) is 0 Å². The Kier molecular flexibility index (Phi) is 3.92. The highest BCUT2D eigenvalue weighted by molar-refractivity contribution is 5.89. The third-order valence-corrected chi connectivity index (χ3v) is 4.48. The molecule has 0 aromatic heterocycles. The Hall–Kier alpha value is -1.88. The van der Waals surface area contributed by atoms with Crippen LogP contribution in [0, 0.1) is 5.92 Å². The van der Waals surface area contributed by atoms with E-state index < -0.39 is 0 Å². The first-order chi connectivity index (χ1) is 10.2. The second kappa shape index (κ2) is 5.85. The normalized spacial score (nSPS) is 22.0. The highest BCUT2D eigenvalue weighted by Gasteiger charge is 2.37. The molecule has 5 heteroatoms. The van der Waals surface area contributed by atoms with Crippen molar-refractivity contribution in [2.45, 2.75) is 18.9 Å². The fraction of sp³-hybridized carbons (Fsp3) is 0.500. The molecule has 1 aliphatic heterocycles. The number of rotatable bonds is 2. The Bertz CT molecular complexity index is 533. The number of hydrogen-bond donors (Lipinski definition) is 2. The number of fused-ring (bicyclic) bond motifs is 1. The zero-order valence-electron chi connectivity index (χ0n) is 12.3. The largest absolute Gasteiger partial charge is 0.357 e. The highest BCUT2D eigenvalue weighted by atomic mass is 16.2. The lowest BCUT2D eigenvalue weighted by atomic mass is 10.0. The van der Waals surface area contributed by atoms with Crippen molar-refractivity contribution in [3.8, 4) is 0 Å². The average molecular weight is 287 g/mol. The number of nitrogens with zero attached hydrogens (tertiary/aromatic N) is 1. The molecule has 1 aromatic rings. The van der Waals surface area contributed by atoms with E-state index in [0.29, 0.717) is 13.1 Å². The fourth-order valence-corrected chi connectivity index (χ4v) is 3.34. The molecule has 2 aliphatic rings. The molecule has 1 saturated heterocycles. The van der Waals surface area contributed by atoms with Crippen LogP contribution in [-0.2, 0) is 22.4 Å². The van der Waals surface area contributed by atoms with Crippen LogP contribution in [0.3, 0.4) is 0 Å². The second-order valence-corrected chi connectivity index (χ2v) is 5.74. The molecule has 0 bridgehead atoms. The lowest BCUT2D eigenvalue weighted by Crippen LogP contribution is -2.60. The van der Waals surface area contributed by atoms with Gasteiger partial charge in [-0.05, 0) is 24.0 Å². The molecule has 21 heavy (non-hydrogen) atoms. The first-order valence-corrected chi connectivity index (χ1v) is 7.50. The maximum atomic E-state index is 12.8. The minimum Gasteiger partial charge on any atom is -0.357 e. The molecule has 1 aliphatic carbocycles. The van der Waals surface area contributed by atoms with E-state index in [1.54, 1.807) is 11.9 Å². The van der Waals surface area contributed by atoms with Gasteiger partial charge < -0.3 is 15.5 Å². The summed E-state index contributed by atoms with van der Waals surface area (Å²) in [5, 5.41) is 5.84. The number of piperazine rings is 1. The standard InChI is InChI=1S/C16H21N3O2/c1-17-15(20)14-10-18-6-7-19(14)16(21)13-8-11-4-2-3-5-12(11)9-13/h2-5,13-14,18H,6-10H2,1H3,(H,17,20). The quantitative estimate of drug-likeness (QED) is 0.801. The molecule has 3 rings (SSSR count). The van der Waals surface area contributed by atoms with Crippen LogP contribution in [0.25, 0.3) is 0 Å². The van der Waals surface area contributed by atoms with Crippen molar-refractivity contribution < 1.29 is 9.59 Å². The van der Waals surface area contributed by atoms with Gasteiger partial charge in [-0.2, -0.15) is 0 Å². The van der Waals surface area contributed by atoms with Crippen LogP contribution in [0.5, 0.6) is 0 Å². The molecule has 112 valence electrons. The summed E-state index contributed by atoms with van der Waals surface area (Å²) < 4.78 is 0. The van der Waals surface area contributed by atoms with E-state index >= 15 is 0 Å². The Labute approximate surface area is 124 Å². The van der Waals surface area contributed by atoms with Gasteiger partial charge in [-0.3, -0.25) is 9.59 Å². The predicted octanol–water partition coefficient (Wildman–Crippen LogP) is -0.0522. The van der Waals surface area contributed by atoms with Crippen LogP contribution in [0.2, 0.25) is 0 Å². The first kappa shape index (κ1) is 14.1. The van der Waals surface area contributed by atoms with E-state index in [1.165, 1.54) is 11.1 Å². The van der Waals surface area contributed by atoms with Gasteiger partial charge >= 0.3 is 0 Å². The van der Waals surface area contributed by atoms with Crippen molar-refractivity contribution in [1.29, 1.82) is 0 Å². The summed E-state index contributed by atoms with van der Waals surface area (Å²) in [5.41, 5.74) is 2.53. The van der Waals surface area contributed by atoms with Gasteiger partial charge in [0.1, 0.15) is 6.04 Å². The van der Waals surface area contributed by atoms with Gasteiger partial charge in [-0.15, -0.1) is 0 Å². The summed E-state index contributed by atoms with van der Waals surface area (Å²) in [6.07, 6.45) is 1.58. The maximum Gasteiger partial charge on any atom is 0.243 e. The van der Waals surface area contributed by atoms with Crippen molar-refractivity contribution in [2.24, 2.45) is 5.92 Å². The number of carbonyl (C=O) groups is 2. The molecule has 2 N–H and O–H groups in total. The van der Waals surface area contributed by atoms with E-state index in [0.717, 1.165) is 19.4 Å². The summed E-state index contributed by atoms with van der Waals surface area (Å²) in [4.78, 5) is 26.5. The van der Waals surface area contributed by atoms with Gasteiger partial charge in [0, 0.05) is 32.6 Å². The molecule has 1 atom stereocenters. The number of hydrogen-bond acceptors (Lipinski definition) is 3. The summed E-state index contributed by atoms with van der Waals surface area (Å²) in [6.45, 7) is 1.88. The lowest BCUT2D eigenvalue weighted by Gasteiger charge is -2.36.